The summed E-state index contributed by atoms with van der Waals surface area (Å²) in [4.78, 5) is 0. The highest BCUT2D eigenvalue weighted by molar-refractivity contribution is 5.48. The largest absolute Gasteiger partial charge is 0.384 e. The molecule has 1 aliphatic carbocycles. The van der Waals surface area contributed by atoms with Crippen molar-refractivity contribution in [3.8, 4) is 0 Å². The van der Waals surface area contributed by atoms with Crippen molar-refractivity contribution >= 4 is 5.82 Å². The third kappa shape index (κ3) is 1.54. The quantitative estimate of drug-likeness (QED) is 0.810. The molecule has 0 bridgehead atoms. The molecule has 84 valence electrons. The van der Waals surface area contributed by atoms with Crippen molar-refractivity contribution in [1.82, 2.24) is 9.78 Å². The fraction of sp³-hybridized carbons (Fsp3) is 0.750. The van der Waals surface area contributed by atoms with E-state index in [1.54, 1.807) is 0 Å². The van der Waals surface area contributed by atoms with Crippen molar-refractivity contribution in [3.63, 3.8) is 0 Å². The van der Waals surface area contributed by atoms with Crippen LogP contribution in [0.4, 0.5) is 5.82 Å². The standard InChI is InChI=1S/C12H21N3/c1-7(2)9-10(8-6-12(8,3)4)14-15(5)11(9)13/h7-8H,6,13H2,1-5H3. The number of nitrogens with two attached hydrogens (primary N) is 1. The SMILES string of the molecule is CC(C)c1c(C2CC2(C)C)nn(C)c1N. The van der Waals surface area contributed by atoms with E-state index >= 15 is 0 Å². The molecular weight excluding hydrogens is 186 g/mol. The maximum Gasteiger partial charge on any atom is 0.125 e. The van der Waals surface area contributed by atoms with Gasteiger partial charge in [0.25, 0.3) is 0 Å². The highest BCUT2D eigenvalue weighted by Gasteiger charge is 2.49. The summed E-state index contributed by atoms with van der Waals surface area (Å²) in [5, 5.41) is 4.58. The summed E-state index contributed by atoms with van der Waals surface area (Å²) in [7, 11) is 1.93. The van der Waals surface area contributed by atoms with Crippen LogP contribution >= 0.6 is 0 Å². The fourth-order valence-corrected chi connectivity index (χ4v) is 2.36. The number of nitrogen functional groups attached to an aromatic ring is 1. The monoisotopic (exact) mass is 207 g/mol. The number of nitrogens with zero attached hydrogens (tertiary/aromatic N) is 2. The zero-order valence-electron chi connectivity index (χ0n) is 10.3. The molecule has 0 aliphatic heterocycles. The molecule has 3 heteroatoms. The molecule has 1 heterocycles. The molecule has 1 unspecified atom stereocenters. The summed E-state index contributed by atoms with van der Waals surface area (Å²) >= 11 is 0. The molecule has 1 aromatic heterocycles. The molecule has 1 aromatic rings. The number of aryl methyl sites for hydroxylation is 1. The number of hydrogen-bond acceptors (Lipinski definition) is 2. The van der Waals surface area contributed by atoms with Crippen LogP contribution in [0.15, 0.2) is 0 Å². The van der Waals surface area contributed by atoms with Gasteiger partial charge in [0.2, 0.25) is 0 Å². The predicted molar refractivity (Wildman–Crippen MR) is 62.8 cm³/mol. The van der Waals surface area contributed by atoms with Crippen LogP contribution in [0.25, 0.3) is 0 Å². The van der Waals surface area contributed by atoms with E-state index in [9.17, 15) is 0 Å². The molecule has 0 aromatic carbocycles. The first-order valence-electron chi connectivity index (χ1n) is 5.67. The predicted octanol–water partition coefficient (Wildman–Crippen LogP) is 2.64. The molecule has 0 radical (unpaired) electrons. The van der Waals surface area contributed by atoms with Crippen molar-refractivity contribution < 1.29 is 0 Å². The van der Waals surface area contributed by atoms with Crippen molar-refractivity contribution in [1.29, 1.82) is 0 Å². The minimum Gasteiger partial charge on any atom is -0.384 e. The second-order valence-electron chi connectivity index (χ2n) is 5.71. The van der Waals surface area contributed by atoms with Crippen molar-refractivity contribution in [2.24, 2.45) is 12.5 Å². The first-order chi connectivity index (χ1) is 6.84. The van der Waals surface area contributed by atoms with E-state index in [2.05, 4.69) is 32.8 Å². The average molecular weight is 207 g/mol. The van der Waals surface area contributed by atoms with Crippen LogP contribution in [0.5, 0.6) is 0 Å². The van der Waals surface area contributed by atoms with Crippen LogP contribution in [-0.4, -0.2) is 9.78 Å². The van der Waals surface area contributed by atoms with Gasteiger partial charge in [0.1, 0.15) is 5.82 Å². The van der Waals surface area contributed by atoms with Crippen molar-refractivity contribution in [2.45, 2.75) is 46.0 Å². The molecular formula is C12H21N3. The average Bonchev–Trinajstić information content (AvgIpc) is 2.61. The van der Waals surface area contributed by atoms with Gasteiger partial charge in [-0.05, 0) is 17.8 Å². The maximum atomic E-state index is 6.06. The van der Waals surface area contributed by atoms with Crippen LogP contribution in [-0.2, 0) is 7.05 Å². The Bertz CT molecular complexity index is 388. The topological polar surface area (TPSA) is 43.8 Å². The lowest BCUT2D eigenvalue weighted by Crippen LogP contribution is -2.00. The van der Waals surface area contributed by atoms with Gasteiger partial charge in [-0.25, -0.2) is 0 Å². The van der Waals surface area contributed by atoms with Gasteiger partial charge in [0.05, 0.1) is 5.69 Å². The van der Waals surface area contributed by atoms with E-state index < -0.39 is 0 Å². The molecule has 15 heavy (non-hydrogen) atoms. The molecule has 1 fully saturated rings. The van der Waals surface area contributed by atoms with Gasteiger partial charge >= 0.3 is 0 Å². The maximum absolute atomic E-state index is 6.06. The number of hydrogen-bond donors (Lipinski definition) is 1. The Labute approximate surface area is 91.7 Å². The summed E-state index contributed by atoms with van der Waals surface area (Å²) in [5.74, 6) is 1.91. The molecule has 3 nitrogen and oxygen atoms in total. The first kappa shape index (κ1) is 10.5. The summed E-state index contributed by atoms with van der Waals surface area (Å²) in [6, 6.07) is 0. The van der Waals surface area contributed by atoms with Crippen molar-refractivity contribution in [2.75, 3.05) is 5.73 Å². The first-order valence-corrected chi connectivity index (χ1v) is 5.67. The van der Waals surface area contributed by atoms with Gasteiger partial charge < -0.3 is 5.73 Å². The third-order valence-corrected chi connectivity index (χ3v) is 3.58. The lowest BCUT2D eigenvalue weighted by molar-refractivity contribution is 0.606. The van der Waals surface area contributed by atoms with Crippen LogP contribution in [0.1, 0.15) is 57.2 Å². The summed E-state index contributed by atoms with van der Waals surface area (Å²) in [6.45, 7) is 8.97. The van der Waals surface area contributed by atoms with Gasteiger partial charge in [0.15, 0.2) is 0 Å². The van der Waals surface area contributed by atoms with E-state index in [4.69, 9.17) is 5.73 Å². The van der Waals surface area contributed by atoms with Crippen LogP contribution in [0.3, 0.4) is 0 Å². The Hall–Kier alpha value is -0.990. The highest BCUT2D eigenvalue weighted by atomic mass is 15.3. The second-order valence-corrected chi connectivity index (χ2v) is 5.71. The third-order valence-electron chi connectivity index (χ3n) is 3.58. The lowest BCUT2D eigenvalue weighted by atomic mass is 9.97. The molecule has 0 saturated heterocycles. The van der Waals surface area contributed by atoms with Crippen LogP contribution < -0.4 is 5.73 Å². The van der Waals surface area contributed by atoms with Crippen molar-refractivity contribution in [3.05, 3.63) is 11.3 Å². The van der Waals surface area contributed by atoms with E-state index in [0.29, 0.717) is 17.3 Å². The Morgan fingerprint density at radius 2 is 2.00 bits per heavy atom. The zero-order valence-corrected chi connectivity index (χ0v) is 10.3. The smallest absolute Gasteiger partial charge is 0.125 e. The Kier molecular flexibility index (Phi) is 2.11. The number of aromatic nitrogens is 2. The fourth-order valence-electron chi connectivity index (χ4n) is 2.36. The molecule has 2 rings (SSSR count). The van der Waals surface area contributed by atoms with Gasteiger partial charge in [-0.1, -0.05) is 27.7 Å². The molecule has 0 amide bonds. The Morgan fingerprint density at radius 3 is 2.40 bits per heavy atom. The van der Waals surface area contributed by atoms with Gasteiger partial charge in [-0.15, -0.1) is 0 Å². The van der Waals surface area contributed by atoms with E-state index in [0.717, 1.165) is 5.82 Å². The summed E-state index contributed by atoms with van der Waals surface area (Å²) in [6.07, 6.45) is 1.24. The minimum absolute atomic E-state index is 0.421. The molecule has 1 atom stereocenters. The number of rotatable bonds is 2. The Morgan fingerprint density at radius 1 is 1.47 bits per heavy atom. The highest BCUT2D eigenvalue weighted by Crippen LogP contribution is 2.59. The molecule has 1 aliphatic rings. The summed E-state index contributed by atoms with van der Waals surface area (Å²) < 4.78 is 1.82. The lowest BCUT2D eigenvalue weighted by Gasteiger charge is -2.08. The molecule has 2 N–H and O–H groups in total. The van der Waals surface area contributed by atoms with Gasteiger partial charge in [-0.3, -0.25) is 4.68 Å². The number of anilines is 1. The normalized spacial score (nSPS) is 23.5. The zero-order chi connectivity index (χ0) is 11.4. The second kappa shape index (κ2) is 3.00. The van der Waals surface area contributed by atoms with E-state index in [-0.39, 0.29) is 0 Å². The molecule has 1 saturated carbocycles. The van der Waals surface area contributed by atoms with Gasteiger partial charge in [-0.2, -0.15) is 5.10 Å². The van der Waals surface area contributed by atoms with Crippen LogP contribution in [0, 0.1) is 5.41 Å². The summed E-state index contributed by atoms with van der Waals surface area (Å²) in [5.41, 5.74) is 8.97. The Balaban J connectivity index is 2.44. The van der Waals surface area contributed by atoms with E-state index in [1.165, 1.54) is 17.7 Å². The van der Waals surface area contributed by atoms with E-state index in [1.807, 2.05) is 11.7 Å². The minimum atomic E-state index is 0.421. The molecule has 0 spiro atoms. The van der Waals surface area contributed by atoms with Gasteiger partial charge in [0, 0.05) is 18.5 Å². The van der Waals surface area contributed by atoms with Crippen LogP contribution in [0.2, 0.25) is 0 Å².